The molecule has 0 spiro atoms. The quantitative estimate of drug-likeness (QED) is 0.290. The van der Waals surface area contributed by atoms with Gasteiger partial charge in [0.15, 0.2) is 8.32 Å². The molecule has 0 saturated carbocycles. The van der Waals surface area contributed by atoms with Gasteiger partial charge in [0.05, 0.1) is 17.8 Å². The minimum Gasteiger partial charge on any atom is -0.411 e. The zero-order chi connectivity index (χ0) is 23.4. The number of allylic oxidation sites excluding steroid dienone is 1. The lowest BCUT2D eigenvalue weighted by atomic mass is 9.72. The molecule has 0 bridgehead atoms. The zero-order valence-corrected chi connectivity index (χ0v) is 21.0. The Labute approximate surface area is 179 Å². The van der Waals surface area contributed by atoms with E-state index in [4.69, 9.17) is 9.16 Å². The lowest BCUT2D eigenvalue weighted by Gasteiger charge is -2.44. The van der Waals surface area contributed by atoms with Crippen LogP contribution in [-0.2, 0) is 23.5 Å². The van der Waals surface area contributed by atoms with Gasteiger partial charge in [-0.3, -0.25) is 0 Å². The smallest absolute Gasteiger partial charge is 0.411 e. The lowest BCUT2D eigenvalue weighted by molar-refractivity contribution is -0.146. The molecule has 1 fully saturated rings. The molecule has 0 radical (unpaired) electrons. The molecule has 176 valence electrons. The van der Waals surface area contributed by atoms with Crippen molar-refractivity contribution in [2.75, 3.05) is 0 Å². The minimum absolute atomic E-state index is 0.0283. The van der Waals surface area contributed by atoms with Crippen molar-refractivity contribution in [1.29, 1.82) is 0 Å². The largest absolute Gasteiger partial charge is 0.534 e. The van der Waals surface area contributed by atoms with Gasteiger partial charge in [0, 0.05) is 11.8 Å². The normalized spacial score (nSPS) is 30.8. The first kappa shape index (κ1) is 25.7. The number of rotatable bonds is 4. The van der Waals surface area contributed by atoms with E-state index in [-0.39, 0.29) is 35.8 Å². The molecule has 5 nitrogen and oxygen atoms in total. The highest BCUT2D eigenvalue weighted by atomic mass is 32.2. The summed E-state index contributed by atoms with van der Waals surface area (Å²) in [6.45, 7) is 16.7. The molecular formula is C20H35F3O5SSi. The predicted molar refractivity (Wildman–Crippen MR) is 112 cm³/mol. The van der Waals surface area contributed by atoms with Gasteiger partial charge in [-0.25, -0.2) is 0 Å². The highest BCUT2D eigenvalue weighted by Crippen LogP contribution is 2.49. The molecule has 1 aliphatic heterocycles. The zero-order valence-electron chi connectivity index (χ0n) is 19.1. The van der Waals surface area contributed by atoms with Crippen LogP contribution < -0.4 is 0 Å². The van der Waals surface area contributed by atoms with Crippen molar-refractivity contribution >= 4 is 18.4 Å². The van der Waals surface area contributed by atoms with Crippen LogP contribution in [0.15, 0.2) is 11.8 Å². The molecule has 0 aromatic carbocycles. The number of ether oxygens (including phenoxy) is 1. The number of alkyl halides is 3. The summed E-state index contributed by atoms with van der Waals surface area (Å²) in [6.07, 6.45) is 2.64. The van der Waals surface area contributed by atoms with Crippen LogP contribution >= 0.6 is 0 Å². The molecule has 0 aromatic heterocycles. The molecule has 2 aliphatic rings. The van der Waals surface area contributed by atoms with Crippen molar-refractivity contribution in [2.24, 2.45) is 5.41 Å². The highest BCUT2D eigenvalue weighted by Gasteiger charge is 2.52. The molecule has 30 heavy (non-hydrogen) atoms. The summed E-state index contributed by atoms with van der Waals surface area (Å²) >= 11 is 0. The number of halogens is 3. The van der Waals surface area contributed by atoms with Crippen molar-refractivity contribution in [1.82, 2.24) is 0 Å². The lowest BCUT2D eigenvalue weighted by Crippen LogP contribution is -2.51. The van der Waals surface area contributed by atoms with Crippen molar-refractivity contribution in [3.63, 3.8) is 0 Å². The Balaban J connectivity index is 2.23. The van der Waals surface area contributed by atoms with E-state index in [0.717, 1.165) is 0 Å². The summed E-state index contributed by atoms with van der Waals surface area (Å²) in [5, 5.41) is 0.0283. The monoisotopic (exact) mass is 472 g/mol. The van der Waals surface area contributed by atoms with E-state index < -0.39 is 35.0 Å². The van der Waals surface area contributed by atoms with Crippen LogP contribution in [0.1, 0.15) is 67.2 Å². The average molecular weight is 473 g/mol. The van der Waals surface area contributed by atoms with E-state index in [1.165, 1.54) is 6.08 Å². The number of fused-ring (bicyclic) bond motifs is 1. The first-order valence-electron chi connectivity index (χ1n) is 10.3. The standard InChI is InChI=1S/C20H35F3O5SSi/c1-17(2,3)30(7,8)28-15-11-12-19(6)13-14(27-29(24,25)20(21,22)23)9-10-16(19)26-18(15,4)5/h9,15-16H,10-13H2,1-8H3/t15-,16-,19-/m1/s1. The van der Waals surface area contributed by atoms with Crippen LogP contribution in [0.4, 0.5) is 13.2 Å². The maximum absolute atomic E-state index is 12.7. The first-order chi connectivity index (χ1) is 13.2. The van der Waals surface area contributed by atoms with Crippen LogP contribution in [0.3, 0.4) is 0 Å². The van der Waals surface area contributed by atoms with Crippen LogP contribution in [0.25, 0.3) is 0 Å². The molecule has 3 atom stereocenters. The Kier molecular flexibility index (Phi) is 6.65. The van der Waals surface area contributed by atoms with Crippen molar-refractivity contribution in [2.45, 2.75) is 109 Å². The summed E-state index contributed by atoms with van der Waals surface area (Å²) in [7, 11) is -7.74. The third-order valence-electron chi connectivity index (χ3n) is 6.86. The van der Waals surface area contributed by atoms with E-state index in [9.17, 15) is 21.6 Å². The second-order valence-corrected chi connectivity index (χ2v) is 17.1. The fourth-order valence-electron chi connectivity index (χ4n) is 3.78. The Bertz CT molecular complexity index is 783. The van der Waals surface area contributed by atoms with Crippen LogP contribution in [-0.4, -0.2) is 40.1 Å². The van der Waals surface area contributed by atoms with Crippen molar-refractivity contribution < 1.29 is 34.9 Å². The molecule has 0 aromatic rings. The number of hydrogen-bond donors (Lipinski definition) is 0. The van der Waals surface area contributed by atoms with E-state index in [0.29, 0.717) is 12.8 Å². The summed E-state index contributed by atoms with van der Waals surface area (Å²) in [5.41, 5.74) is -6.58. The Morgan fingerprint density at radius 2 is 1.73 bits per heavy atom. The molecule has 1 saturated heterocycles. The Hall–Kier alpha value is -0.583. The maximum Gasteiger partial charge on any atom is 0.534 e. The minimum atomic E-state index is -5.67. The van der Waals surface area contributed by atoms with Crippen LogP contribution in [0.2, 0.25) is 18.1 Å². The Morgan fingerprint density at radius 3 is 2.23 bits per heavy atom. The fraction of sp³-hybridized carbons (Fsp3) is 0.900. The molecular weight excluding hydrogens is 437 g/mol. The maximum atomic E-state index is 12.7. The average Bonchev–Trinajstić information content (AvgIpc) is 2.60. The van der Waals surface area contributed by atoms with Crippen LogP contribution in [0, 0.1) is 5.41 Å². The molecule has 0 unspecified atom stereocenters. The summed E-state index contributed by atoms with van der Waals surface area (Å²) in [4.78, 5) is 0. The third kappa shape index (κ3) is 5.24. The highest BCUT2D eigenvalue weighted by molar-refractivity contribution is 7.87. The van der Waals surface area contributed by atoms with Gasteiger partial charge in [-0.15, -0.1) is 0 Å². The predicted octanol–water partition coefficient (Wildman–Crippen LogP) is 5.88. The SMILES string of the molecule is CC1(C)O[C@@H]2CC=C(OS(=O)(=O)C(F)(F)F)C[C@@]2(C)CC[C@H]1O[Si](C)(C)C(C)(C)C. The van der Waals surface area contributed by atoms with Gasteiger partial charge in [0.1, 0.15) is 5.76 Å². The molecule has 1 heterocycles. The van der Waals surface area contributed by atoms with Gasteiger partial charge in [-0.1, -0.05) is 27.7 Å². The topological polar surface area (TPSA) is 61.8 Å². The molecule has 1 aliphatic carbocycles. The van der Waals surface area contributed by atoms with Crippen molar-refractivity contribution in [3.05, 3.63) is 11.8 Å². The molecule has 10 heteroatoms. The number of hydrogen-bond acceptors (Lipinski definition) is 5. The Morgan fingerprint density at radius 1 is 1.17 bits per heavy atom. The molecule has 2 rings (SSSR count). The van der Waals surface area contributed by atoms with Gasteiger partial charge in [0.25, 0.3) is 0 Å². The van der Waals surface area contributed by atoms with E-state index in [1.54, 1.807) is 0 Å². The summed E-state index contributed by atoms with van der Waals surface area (Å²) in [6, 6.07) is 0. The second kappa shape index (κ2) is 7.77. The second-order valence-electron chi connectivity index (χ2n) is 10.8. The molecule has 0 amide bonds. The summed E-state index contributed by atoms with van der Waals surface area (Å²) in [5.74, 6) is -0.170. The van der Waals surface area contributed by atoms with Gasteiger partial charge in [0.2, 0.25) is 0 Å². The van der Waals surface area contributed by atoms with Gasteiger partial charge < -0.3 is 13.3 Å². The molecule has 0 N–H and O–H groups in total. The van der Waals surface area contributed by atoms with Gasteiger partial charge in [-0.05, 0) is 57.3 Å². The first-order valence-corrected chi connectivity index (χ1v) is 14.6. The van der Waals surface area contributed by atoms with Gasteiger partial charge >= 0.3 is 15.6 Å². The van der Waals surface area contributed by atoms with E-state index >= 15 is 0 Å². The fourth-order valence-corrected chi connectivity index (χ4v) is 5.75. The van der Waals surface area contributed by atoms with E-state index in [2.05, 4.69) is 38.0 Å². The summed E-state index contributed by atoms with van der Waals surface area (Å²) < 4.78 is 78.5. The van der Waals surface area contributed by atoms with Gasteiger partial charge in [-0.2, -0.15) is 21.6 Å². The van der Waals surface area contributed by atoms with Crippen molar-refractivity contribution in [3.8, 4) is 0 Å². The van der Waals surface area contributed by atoms with E-state index in [1.807, 2.05) is 20.8 Å². The van der Waals surface area contributed by atoms with Crippen LogP contribution in [0.5, 0.6) is 0 Å². The third-order valence-corrected chi connectivity index (χ3v) is 12.3.